The van der Waals surface area contributed by atoms with Crippen molar-refractivity contribution in [2.75, 3.05) is 0 Å². The second-order valence-corrected chi connectivity index (χ2v) is 20.1. The van der Waals surface area contributed by atoms with Gasteiger partial charge in [-0.3, -0.25) is 0 Å². The molecule has 4 nitrogen and oxygen atoms in total. The van der Waals surface area contributed by atoms with Crippen molar-refractivity contribution in [3.05, 3.63) is 222 Å². The van der Waals surface area contributed by atoms with Crippen LogP contribution in [0.4, 0.5) is 96.6 Å². The zero-order chi connectivity index (χ0) is 64.5. The molecular weight excluding hydrogens is 1260 g/mol. The van der Waals surface area contributed by atoms with E-state index in [0.29, 0.717) is 19.1 Å². The van der Waals surface area contributed by atoms with E-state index in [0.717, 1.165) is 38.1 Å². The van der Waals surface area contributed by atoms with Gasteiger partial charge in [-0.2, -0.15) is 43.9 Å². The Morgan fingerprint density at radius 1 is 0.310 bits per heavy atom. The molecule has 0 spiro atoms. The molecule has 8 rings (SSSR count). The summed E-state index contributed by atoms with van der Waals surface area (Å²) >= 11 is 11.5. The molecule has 0 radical (unpaired) electrons. The number of ether oxygens (including phenoxy) is 4. The van der Waals surface area contributed by atoms with Crippen LogP contribution in [0, 0.1) is 93.1 Å². The average Bonchev–Trinajstić information content (AvgIpc) is 0.771. The first-order chi connectivity index (χ1) is 40.5. The molecule has 8 aromatic carbocycles. The molecule has 8 aromatic rings. The molecule has 0 amide bonds. The van der Waals surface area contributed by atoms with E-state index in [-0.39, 0.29) is 52.2 Å². The molecule has 0 aliphatic heterocycles. The molecule has 0 bridgehead atoms. The average molecular weight is 1290 g/mol. The minimum atomic E-state index is -6.44. The lowest BCUT2D eigenvalue weighted by molar-refractivity contribution is -0.288. The number of alkyl halides is 6. The molecule has 2 unspecified atom stereocenters. The Morgan fingerprint density at radius 2 is 0.529 bits per heavy atom. The van der Waals surface area contributed by atoms with E-state index >= 15 is 96.6 Å². The smallest absolute Gasteiger partial charge is 0.411 e. The molecule has 0 fully saturated rings. The van der Waals surface area contributed by atoms with Gasteiger partial charge in [0, 0.05) is 10.0 Å². The van der Waals surface area contributed by atoms with Crippen molar-refractivity contribution in [3.63, 3.8) is 0 Å². The van der Waals surface area contributed by atoms with Crippen LogP contribution in [-0.4, -0.2) is 12.4 Å². The van der Waals surface area contributed by atoms with Crippen LogP contribution in [-0.2, 0) is 16.6 Å². The van der Waals surface area contributed by atoms with E-state index in [1.807, 2.05) is 0 Å². The van der Waals surface area contributed by atoms with Crippen molar-refractivity contribution in [1.29, 1.82) is 0 Å². The maximum absolute atomic E-state index is 16.1. The number of benzene rings is 8. The van der Waals surface area contributed by atoms with Crippen LogP contribution in [0.1, 0.15) is 62.8 Å². The summed E-state index contributed by atoms with van der Waals surface area (Å²) in [5.74, 6) is -48.1. The van der Waals surface area contributed by atoms with Crippen molar-refractivity contribution in [2.24, 2.45) is 0 Å². The molecule has 460 valence electrons. The maximum atomic E-state index is 16.1. The van der Waals surface area contributed by atoms with Gasteiger partial charge in [0.2, 0.25) is 40.2 Å². The third kappa shape index (κ3) is 11.0. The fourth-order valence-electron chi connectivity index (χ4n) is 9.36. The normalized spacial score (nSPS) is 13.6. The zero-order valence-corrected chi connectivity index (χ0v) is 45.4. The summed E-state index contributed by atoms with van der Waals surface area (Å²) in [6, 6.07) is 10.4. The fourth-order valence-corrected chi connectivity index (χ4v) is 9.61. The van der Waals surface area contributed by atoms with Gasteiger partial charge in [-0.15, -0.1) is 0 Å². The Labute approximate surface area is 486 Å². The van der Waals surface area contributed by atoms with Gasteiger partial charge in [0.25, 0.3) is 0 Å². The van der Waals surface area contributed by atoms with E-state index in [1.165, 1.54) is 31.2 Å². The van der Waals surface area contributed by atoms with E-state index < -0.39 is 208 Å². The first-order valence-corrected chi connectivity index (χ1v) is 25.3. The second-order valence-electron chi connectivity index (χ2n) is 19.2. The van der Waals surface area contributed by atoms with Gasteiger partial charge in [0.1, 0.15) is 34.2 Å². The molecule has 28 heteroatoms. The number of hydrogen-bond donors (Lipinski definition) is 0. The minimum absolute atomic E-state index is 0.00665. The lowest BCUT2D eigenvalue weighted by atomic mass is 9.73. The first-order valence-electron chi connectivity index (χ1n) is 24.6. The lowest BCUT2D eigenvalue weighted by Gasteiger charge is -2.38. The van der Waals surface area contributed by atoms with Gasteiger partial charge in [-0.05, 0) is 111 Å². The van der Waals surface area contributed by atoms with Crippen LogP contribution < -0.4 is 18.9 Å². The van der Waals surface area contributed by atoms with Crippen LogP contribution in [0.5, 0.6) is 34.5 Å². The molecule has 0 saturated carbocycles. The lowest BCUT2D eigenvalue weighted by Crippen LogP contribution is -2.54. The fraction of sp³-hybridized carbons (Fsp3) is 0.186. The largest absolute Gasteiger partial charge is 0.483 e. The summed E-state index contributed by atoms with van der Waals surface area (Å²) in [6.07, 6.45) is -14.1. The van der Waals surface area contributed by atoms with Gasteiger partial charge in [0.05, 0.1) is 33.4 Å². The summed E-state index contributed by atoms with van der Waals surface area (Å²) in [7, 11) is 0. The van der Waals surface area contributed by atoms with Crippen molar-refractivity contribution in [3.8, 4) is 56.8 Å². The Morgan fingerprint density at radius 3 is 0.770 bits per heavy atom. The molecule has 0 saturated heterocycles. The number of hydrogen-bond acceptors (Lipinski definition) is 4. The van der Waals surface area contributed by atoms with Crippen LogP contribution in [0.25, 0.3) is 22.3 Å². The van der Waals surface area contributed by atoms with Crippen molar-refractivity contribution >= 4 is 23.2 Å². The molecule has 87 heavy (non-hydrogen) atoms. The molecule has 0 N–H and O–H groups in total. The Hall–Kier alpha value is -8.00. The predicted octanol–water partition coefficient (Wildman–Crippen LogP) is 21.0. The summed E-state index contributed by atoms with van der Waals surface area (Å²) < 4.78 is 363. The third-order valence-electron chi connectivity index (χ3n) is 14.1. The van der Waals surface area contributed by atoms with Gasteiger partial charge < -0.3 is 18.9 Å². The van der Waals surface area contributed by atoms with E-state index in [1.54, 1.807) is 0 Å². The molecule has 0 heterocycles. The van der Waals surface area contributed by atoms with Crippen LogP contribution in [0.3, 0.4) is 0 Å². The SMILES string of the molecule is CCC(C)(Oc1ccc(Cl)cc1)c1c(F)c(F)c(-c2c(F)c(F)c(Oc3ccc(C(c4ccc(OC(C)(CC)c5c(F)c(F)c(-c6c(F)c(F)c(Oc7ccc(Cl)cc7)c(F)c6F)c(F)c5F)cc4)(C(F)(F)F)C(F)(F)F)cc3)c(F)c2F)c(F)c1F. The van der Waals surface area contributed by atoms with Crippen LogP contribution in [0.15, 0.2) is 97.1 Å². The highest BCUT2D eigenvalue weighted by Crippen LogP contribution is 2.57. The Kier molecular flexibility index (Phi) is 17.6. The third-order valence-corrected chi connectivity index (χ3v) is 14.6. The van der Waals surface area contributed by atoms with Gasteiger partial charge >= 0.3 is 12.4 Å². The van der Waals surface area contributed by atoms with Gasteiger partial charge in [-0.1, -0.05) is 61.3 Å². The summed E-state index contributed by atoms with van der Waals surface area (Å²) in [5.41, 5.74) is -26.3. The summed E-state index contributed by atoms with van der Waals surface area (Å²) in [6.45, 7) is 3.91. The highest BCUT2D eigenvalue weighted by molar-refractivity contribution is 6.30. The van der Waals surface area contributed by atoms with Crippen molar-refractivity contribution in [1.82, 2.24) is 0 Å². The van der Waals surface area contributed by atoms with Gasteiger partial charge in [-0.25, -0.2) is 52.7 Å². The van der Waals surface area contributed by atoms with Crippen molar-refractivity contribution in [2.45, 2.75) is 69.5 Å². The van der Waals surface area contributed by atoms with E-state index in [4.69, 9.17) is 42.1 Å². The Balaban J connectivity index is 1.11. The van der Waals surface area contributed by atoms with Gasteiger partial charge in [0.15, 0.2) is 69.8 Å². The first kappa shape index (κ1) is 65.0. The van der Waals surface area contributed by atoms with Crippen LogP contribution >= 0.6 is 23.2 Å². The molecule has 0 aromatic heterocycles. The van der Waals surface area contributed by atoms with E-state index in [9.17, 15) is 0 Å². The zero-order valence-electron chi connectivity index (χ0n) is 43.9. The second kappa shape index (κ2) is 23.6. The van der Waals surface area contributed by atoms with Crippen molar-refractivity contribution < 1.29 is 116 Å². The molecular formula is C59H32Cl2F22O4. The maximum Gasteiger partial charge on any atom is 0.411 e. The van der Waals surface area contributed by atoms with E-state index in [2.05, 4.69) is 0 Å². The number of rotatable bonds is 16. The monoisotopic (exact) mass is 1290 g/mol. The topological polar surface area (TPSA) is 36.9 Å². The van der Waals surface area contributed by atoms with Crippen LogP contribution in [0.2, 0.25) is 10.0 Å². The summed E-state index contributed by atoms with van der Waals surface area (Å²) in [4.78, 5) is 0. The Bertz CT molecular complexity index is 3860. The molecule has 2 atom stereocenters. The highest BCUT2D eigenvalue weighted by atomic mass is 35.5. The quantitative estimate of drug-likeness (QED) is 0.0714. The minimum Gasteiger partial charge on any atom is -0.483 e. The highest BCUT2D eigenvalue weighted by Gasteiger charge is 2.72. The molecule has 0 aliphatic carbocycles. The summed E-state index contributed by atoms with van der Waals surface area (Å²) in [5, 5.41) is 0.244. The standard InChI is InChI=1S/C59H32Cl2F22O4/c1-5-55(3,35-45(70)37(62)32(38(63)46(35)71)34-43(68)51(76)54(52(77)44(34)69)85-28-19-11-25(60)12-20-28)86-29-17-9-24(10-18-29)57(58(78,79)80,59(81,82)83)23-7-15-27(16-8-23)84-53-49(74)41(66)33(42(67)50(53)75)31-39(64)47(72)36(48(73)40(31)65)56(4,6-2)87-30-21-13-26(61)14-22-30/h7-22H,5-6H2,1-4H3. The predicted molar refractivity (Wildman–Crippen MR) is 268 cm³/mol. The number of halogens is 24. The molecule has 0 aliphatic rings.